The van der Waals surface area contributed by atoms with Crippen LogP contribution in [0, 0.1) is 19.7 Å². The molecule has 0 aliphatic rings. The van der Waals surface area contributed by atoms with Gasteiger partial charge in [0.1, 0.15) is 5.82 Å². The molecular formula is C21H19FN2O3S. The van der Waals surface area contributed by atoms with Crippen LogP contribution in [0.4, 0.5) is 15.8 Å². The second-order valence-electron chi connectivity index (χ2n) is 6.41. The quantitative estimate of drug-likeness (QED) is 0.665. The Hall–Kier alpha value is -3.19. The van der Waals surface area contributed by atoms with E-state index in [0.29, 0.717) is 11.3 Å². The summed E-state index contributed by atoms with van der Waals surface area (Å²) in [5.74, 6) is -0.810. The van der Waals surface area contributed by atoms with Crippen LogP contribution >= 0.6 is 0 Å². The van der Waals surface area contributed by atoms with E-state index < -0.39 is 15.8 Å². The Bertz CT molecular complexity index is 1130. The van der Waals surface area contributed by atoms with Crippen molar-refractivity contribution in [2.75, 3.05) is 10.0 Å². The molecule has 28 heavy (non-hydrogen) atoms. The molecule has 5 nitrogen and oxygen atoms in total. The summed E-state index contributed by atoms with van der Waals surface area (Å²) in [6.45, 7) is 3.81. The van der Waals surface area contributed by atoms with Crippen molar-refractivity contribution >= 4 is 27.3 Å². The SMILES string of the molecule is Cc1ccc(C(=O)Nc2ccc(S(=O)(=O)Nc3cccc(F)c3)cc2)c(C)c1. The number of anilines is 2. The summed E-state index contributed by atoms with van der Waals surface area (Å²) in [4.78, 5) is 12.4. The van der Waals surface area contributed by atoms with Crippen LogP contribution in [-0.4, -0.2) is 14.3 Å². The van der Waals surface area contributed by atoms with Gasteiger partial charge >= 0.3 is 0 Å². The van der Waals surface area contributed by atoms with Gasteiger partial charge in [0, 0.05) is 11.3 Å². The molecule has 0 saturated carbocycles. The topological polar surface area (TPSA) is 75.3 Å². The lowest BCUT2D eigenvalue weighted by Crippen LogP contribution is -2.15. The first-order valence-electron chi connectivity index (χ1n) is 8.52. The highest BCUT2D eigenvalue weighted by Crippen LogP contribution is 2.20. The number of benzene rings is 3. The maximum absolute atomic E-state index is 13.2. The third kappa shape index (κ3) is 4.55. The van der Waals surface area contributed by atoms with E-state index in [-0.39, 0.29) is 16.5 Å². The van der Waals surface area contributed by atoms with Crippen LogP contribution in [-0.2, 0) is 10.0 Å². The van der Waals surface area contributed by atoms with E-state index in [0.717, 1.165) is 17.2 Å². The fraction of sp³-hybridized carbons (Fsp3) is 0.0952. The van der Waals surface area contributed by atoms with Crippen molar-refractivity contribution in [1.29, 1.82) is 0 Å². The Labute approximate surface area is 163 Å². The average Bonchev–Trinajstić information content (AvgIpc) is 2.61. The summed E-state index contributed by atoms with van der Waals surface area (Å²) in [7, 11) is -3.87. The number of hydrogen-bond donors (Lipinski definition) is 2. The molecule has 0 saturated heterocycles. The van der Waals surface area contributed by atoms with Gasteiger partial charge in [-0.2, -0.15) is 0 Å². The molecule has 3 aromatic carbocycles. The van der Waals surface area contributed by atoms with Crippen LogP contribution < -0.4 is 10.0 Å². The van der Waals surface area contributed by atoms with E-state index in [1.165, 1.54) is 42.5 Å². The van der Waals surface area contributed by atoms with Crippen LogP contribution in [0.3, 0.4) is 0 Å². The summed E-state index contributed by atoms with van der Waals surface area (Å²) >= 11 is 0. The third-order valence-corrected chi connectivity index (χ3v) is 5.52. The van der Waals surface area contributed by atoms with Gasteiger partial charge in [0.05, 0.1) is 10.6 Å². The molecule has 0 radical (unpaired) electrons. The number of halogens is 1. The van der Waals surface area contributed by atoms with Crippen LogP contribution in [0.25, 0.3) is 0 Å². The van der Waals surface area contributed by atoms with Gasteiger partial charge in [-0.15, -0.1) is 0 Å². The summed E-state index contributed by atoms with van der Waals surface area (Å²) in [6.07, 6.45) is 0. The van der Waals surface area contributed by atoms with E-state index >= 15 is 0 Å². The zero-order valence-electron chi connectivity index (χ0n) is 15.4. The molecule has 0 bridgehead atoms. The van der Waals surface area contributed by atoms with Crippen molar-refractivity contribution in [2.24, 2.45) is 0 Å². The Balaban J connectivity index is 1.74. The van der Waals surface area contributed by atoms with E-state index in [4.69, 9.17) is 0 Å². The fourth-order valence-electron chi connectivity index (χ4n) is 2.75. The van der Waals surface area contributed by atoms with Gasteiger partial charge in [0.2, 0.25) is 0 Å². The summed E-state index contributed by atoms with van der Waals surface area (Å²) in [5, 5.41) is 2.75. The van der Waals surface area contributed by atoms with Gasteiger partial charge in [-0.1, -0.05) is 23.8 Å². The van der Waals surface area contributed by atoms with Crippen molar-refractivity contribution in [1.82, 2.24) is 0 Å². The zero-order chi connectivity index (χ0) is 20.3. The largest absolute Gasteiger partial charge is 0.322 e. The minimum atomic E-state index is -3.87. The molecule has 0 atom stereocenters. The maximum atomic E-state index is 13.2. The number of sulfonamides is 1. The Morgan fingerprint density at radius 2 is 1.61 bits per heavy atom. The molecule has 0 heterocycles. The molecule has 7 heteroatoms. The second kappa shape index (κ2) is 7.82. The van der Waals surface area contributed by atoms with Gasteiger partial charge in [0.25, 0.3) is 15.9 Å². The lowest BCUT2D eigenvalue weighted by atomic mass is 10.1. The van der Waals surface area contributed by atoms with E-state index in [9.17, 15) is 17.6 Å². The monoisotopic (exact) mass is 398 g/mol. The predicted molar refractivity (Wildman–Crippen MR) is 108 cm³/mol. The van der Waals surface area contributed by atoms with Crippen molar-refractivity contribution in [3.63, 3.8) is 0 Å². The van der Waals surface area contributed by atoms with E-state index in [2.05, 4.69) is 10.0 Å². The highest BCUT2D eigenvalue weighted by Gasteiger charge is 2.15. The number of hydrogen-bond acceptors (Lipinski definition) is 3. The molecule has 0 aliphatic heterocycles. The normalized spacial score (nSPS) is 11.1. The molecule has 0 aromatic heterocycles. The molecule has 0 unspecified atom stereocenters. The number of amides is 1. The first kappa shape index (κ1) is 19.6. The maximum Gasteiger partial charge on any atom is 0.261 e. The van der Waals surface area contributed by atoms with Crippen molar-refractivity contribution in [3.05, 3.63) is 89.2 Å². The molecule has 0 fully saturated rings. The summed E-state index contributed by atoms with van der Waals surface area (Å²) in [5.41, 5.74) is 3.07. The first-order valence-corrected chi connectivity index (χ1v) is 10.00. The molecule has 0 aliphatic carbocycles. The van der Waals surface area contributed by atoms with Crippen LogP contribution in [0.1, 0.15) is 21.5 Å². The summed E-state index contributed by atoms with van der Waals surface area (Å²) in [6, 6.07) is 16.5. The highest BCUT2D eigenvalue weighted by atomic mass is 32.2. The third-order valence-electron chi connectivity index (χ3n) is 4.13. The van der Waals surface area contributed by atoms with Crippen LogP contribution in [0.15, 0.2) is 71.6 Å². The number of rotatable bonds is 5. The average molecular weight is 398 g/mol. The minimum absolute atomic E-state index is 0.00118. The minimum Gasteiger partial charge on any atom is -0.322 e. The van der Waals surface area contributed by atoms with Gasteiger partial charge < -0.3 is 5.32 Å². The van der Waals surface area contributed by atoms with Crippen molar-refractivity contribution in [2.45, 2.75) is 18.7 Å². The fourth-order valence-corrected chi connectivity index (χ4v) is 3.80. The van der Waals surface area contributed by atoms with Gasteiger partial charge in [0.15, 0.2) is 0 Å². The summed E-state index contributed by atoms with van der Waals surface area (Å²) < 4.78 is 40.4. The van der Waals surface area contributed by atoms with Crippen molar-refractivity contribution < 1.29 is 17.6 Å². The molecule has 3 aromatic rings. The standard InChI is InChI=1S/C21H19FN2O3S/c1-14-6-11-20(15(2)12-14)21(25)23-17-7-9-19(10-8-17)28(26,27)24-18-5-3-4-16(22)13-18/h3-13,24H,1-2H3,(H,23,25). The zero-order valence-corrected chi connectivity index (χ0v) is 16.2. The number of nitrogens with one attached hydrogen (secondary N) is 2. The smallest absolute Gasteiger partial charge is 0.261 e. The molecule has 2 N–H and O–H groups in total. The molecule has 3 rings (SSSR count). The number of carbonyl (C=O) groups excluding carboxylic acids is 1. The lowest BCUT2D eigenvalue weighted by molar-refractivity contribution is 0.102. The van der Waals surface area contributed by atoms with Crippen molar-refractivity contribution in [3.8, 4) is 0 Å². The van der Waals surface area contributed by atoms with E-state index in [1.807, 2.05) is 26.0 Å². The molecule has 0 spiro atoms. The first-order chi connectivity index (χ1) is 13.2. The second-order valence-corrected chi connectivity index (χ2v) is 8.10. The Morgan fingerprint density at radius 1 is 0.893 bits per heavy atom. The Morgan fingerprint density at radius 3 is 2.25 bits per heavy atom. The lowest BCUT2D eigenvalue weighted by Gasteiger charge is -2.11. The van der Waals surface area contributed by atoms with Crippen LogP contribution in [0.2, 0.25) is 0 Å². The molecule has 1 amide bonds. The molecular weight excluding hydrogens is 379 g/mol. The van der Waals surface area contributed by atoms with E-state index in [1.54, 1.807) is 6.07 Å². The van der Waals surface area contributed by atoms with Gasteiger partial charge in [-0.3, -0.25) is 9.52 Å². The van der Waals surface area contributed by atoms with Gasteiger partial charge in [-0.25, -0.2) is 12.8 Å². The van der Waals surface area contributed by atoms with Gasteiger partial charge in [-0.05, 0) is 67.9 Å². The van der Waals surface area contributed by atoms with Crippen LogP contribution in [0.5, 0.6) is 0 Å². The number of aryl methyl sites for hydroxylation is 2. The predicted octanol–water partition coefficient (Wildman–Crippen LogP) is 4.50. The number of carbonyl (C=O) groups is 1. The molecule has 144 valence electrons. The highest BCUT2D eigenvalue weighted by molar-refractivity contribution is 7.92. The Kier molecular flexibility index (Phi) is 5.46.